The molecule has 0 aliphatic carbocycles. The average molecular weight is 550 g/mol. The van der Waals surface area contributed by atoms with E-state index in [0.29, 0.717) is 18.9 Å². The lowest BCUT2D eigenvalue weighted by Gasteiger charge is -2.20. The molecule has 3 rings (SSSR count). The molecule has 1 aliphatic heterocycles. The van der Waals surface area contributed by atoms with Crippen LogP contribution in [0.2, 0.25) is 0 Å². The van der Waals surface area contributed by atoms with Gasteiger partial charge in [0, 0.05) is 39.0 Å². The highest BCUT2D eigenvalue weighted by Crippen LogP contribution is 2.18. The van der Waals surface area contributed by atoms with Gasteiger partial charge in [-0.15, -0.1) is 24.0 Å². The molecule has 0 bridgehead atoms. The van der Waals surface area contributed by atoms with Gasteiger partial charge >= 0.3 is 0 Å². The van der Waals surface area contributed by atoms with Crippen molar-refractivity contribution < 1.29 is 9.53 Å². The lowest BCUT2D eigenvalue weighted by molar-refractivity contribution is -0.127. The van der Waals surface area contributed by atoms with E-state index in [4.69, 9.17) is 4.74 Å². The number of ether oxygens (including phenoxy) is 1. The van der Waals surface area contributed by atoms with Crippen molar-refractivity contribution in [2.75, 3.05) is 33.2 Å². The van der Waals surface area contributed by atoms with E-state index in [0.717, 1.165) is 43.3 Å². The number of aliphatic imine (C=N–C) groups is 1. The summed E-state index contributed by atoms with van der Waals surface area (Å²) >= 11 is 0. The summed E-state index contributed by atoms with van der Waals surface area (Å²) in [7, 11) is 1.76. The van der Waals surface area contributed by atoms with E-state index in [1.54, 1.807) is 7.05 Å². The maximum Gasteiger partial charge on any atom is 0.223 e. The average Bonchev–Trinajstić information content (AvgIpc) is 3.14. The predicted molar refractivity (Wildman–Crippen MR) is 141 cm³/mol. The minimum absolute atomic E-state index is 0. The topological polar surface area (TPSA) is 66.0 Å². The Morgan fingerprint density at radius 2 is 1.88 bits per heavy atom. The molecule has 0 radical (unpaired) electrons. The Morgan fingerprint density at radius 3 is 2.59 bits per heavy atom. The van der Waals surface area contributed by atoms with E-state index in [1.807, 2.05) is 61.2 Å². The van der Waals surface area contributed by atoms with Crippen LogP contribution in [0.3, 0.4) is 0 Å². The quantitative estimate of drug-likeness (QED) is 0.285. The highest BCUT2D eigenvalue weighted by molar-refractivity contribution is 14.0. The Kier molecular flexibility index (Phi) is 10.8. The number of carbonyl (C=O) groups is 1. The maximum absolute atomic E-state index is 12.4. The lowest BCUT2D eigenvalue weighted by Crippen LogP contribution is -2.43. The fourth-order valence-corrected chi connectivity index (χ4v) is 3.76. The number of likely N-dealkylation sites (tertiary alicyclic amines) is 1. The third-order valence-corrected chi connectivity index (χ3v) is 5.57. The van der Waals surface area contributed by atoms with Crippen LogP contribution >= 0.6 is 24.0 Å². The van der Waals surface area contributed by atoms with Crippen LogP contribution in [0.1, 0.15) is 24.5 Å². The number of hydrogen-bond acceptors (Lipinski definition) is 3. The van der Waals surface area contributed by atoms with Gasteiger partial charge in [-0.05, 0) is 37.5 Å². The van der Waals surface area contributed by atoms with Crippen LogP contribution in [0, 0.1) is 12.8 Å². The van der Waals surface area contributed by atoms with Crippen molar-refractivity contribution in [1.29, 1.82) is 0 Å². The molecule has 7 heteroatoms. The van der Waals surface area contributed by atoms with E-state index in [9.17, 15) is 4.79 Å². The van der Waals surface area contributed by atoms with Gasteiger partial charge in [0.1, 0.15) is 11.9 Å². The van der Waals surface area contributed by atoms with Gasteiger partial charge in [-0.2, -0.15) is 0 Å². The number of aryl methyl sites for hydroxylation is 1. The van der Waals surface area contributed by atoms with Crippen LogP contribution < -0.4 is 15.4 Å². The lowest BCUT2D eigenvalue weighted by atomic mass is 10.1. The summed E-state index contributed by atoms with van der Waals surface area (Å²) < 4.78 is 6.01. The molecule has 1 saturated heterocycles. The zero-order valence-corrected chi connectivity index (χ0v) is 21.5. The molecule has 0 aromatic heterocycles. The number of carbonyl (C=O) groups excluding carboxylic acids is 1. The van der Waals surface area contributed by atoms with Crippen molar-refractivity contribution in [1.82, 2.24) is 15.5 Å². The smallest absolute Gasteiger partial charge is 0.223 e. The Morgan fingerprint density at radius 1 is 1.16 bits per heavy atom. The first-order valence-electron chi connectivity index (χ1n) is 11.0. The molecule has 2 unspecified atom stereocenters. The highest BCUT2D eigenvalue weighted by Gasteiger charge is 2.29. The molecule has 32 heavy (non-hydrogen) atoms. The Balaban J connectivity index is 0.00000363. The predicted octanol–water partition coefficient (Wildman–Crippen LogP) is 3.64. The molecule has 2 aromatic carbocycles. The van der Waals surface area contributed by atoms with Gasteiger partial charge < -0.3 is 20.3 Å². The monoisotopic (exact) mass is 550 g/mol. The van der Waals surface area contributed by atoms with Crippen molar-refractivity contribution in [3.8, 4) is 5.75 Å². The second-order valence-corrected chi connectivity index (χ2v) is 8.17. The minimum Gasteiger partial charge on any atom is -0.489 e. The Bertz CT molecular complexity index is 875. The number of nitrogens with zero attached hydrogens (tertiary/aromatic N) is 2. The van der Waals surface area contributed by atoms with Gasteiger partial charge in [-0.3, -0.25) is 9.79 Å². The summed E-state index contributed by atoms with van der Waals surface area (Å²) in [5.74, 6) is 2.17. The van der Waals surface area contributed by atoms with Gasteiger partial charge in [0.05, 0.1) is 6.54 Å². The first kappa shape index (κ1) is 26.0. The number of hydrogen-bond donors (Lipinski definition) is 2. The van der Waals surface area contributed by atoms with Crippen molar-refractivity contribution >= 4 is 35.8 Å². The van der Waals surface area contributed by atoms with Gasteiger partial charge in [0.2, 0.25) is 5.91 Å². The van der Waals surface area contributed by atoms with E-state index in [2.05, 4.69) is 27.8 Å². The first-order chi connectivity index (χ1) is 15.0. The van der Waals surface area contributed by atoms with Crippen molar-refractivity contribution in [3.05, 3.63) is 65.7 Å². The summed E-state index contributed by atoms with van der Waals surface area (Å²) in [6.07, 6.45) is 1.49. The number of para-hydroxylation sites is 1. The normalized spacial score (nSPS) is 17.0. The van der Waals surface area contributed by atoms with Crippen molar-refractivity contribution in [3.63, 3.8) is 0 Å². The molecule has 0 saturated carbocycles. The molecule has 6 nitrogen and oxygen atoms in total. The van der Waals surface area contributed by atoms with Gasteiger partial charge in [0.15, 0.2) is 5.96 Å². The van der Waals surface area contributed by atoms with Crippen molar-refractivity contribution in [2.45, 2.75) is 32.8 Å². The number of rotatable bonds is 9. The van der Waals surface area contributed by atoms with Crippen LogP contribution in [0.5, 0.6) is 5.75 Å². The van der Waals surface area contributed by atoms with Crippen LogP contribution in [0.25, 0.3) is 0 Å². The van der Waals surface area contributed by atoms with E-state index >= 15 is 0 Å². The minimum atomic E-state index is 0. The number of guanidine groups is 1. The van der Waals surface area contributed by atoms with E-state index in [-0.39, 0.29) is 36.0 Å². The second kappa shape index (κ2) is 13.3. The molecule has 1 aliphatic rings. The molecule has 2 N–H and O–H groups in total. The largest absolute Gasteiger partial charge is 0.489 e. The SMILES string of the molecule is CN=C(NCC1CC(=O)N(CCc2ccccc2)C1)NCC(C)Oc1ccccc1C.I. The molecule has 2 atom stereocenters. The third-order valence-electron chi connectivity index (χ3n) is 5.57. The third kappa shape index (κ3) is 8.00. The Hall–Kier alpha value is -2.29. The molecule has 2 aromatic rings. The summed E-state index contributed by atoms with van der Waals surface area (Å²) in [6, 6.07) is 18.3. The maximum atomic E-state index is 12.4. The fourth-order valence-electron chi connectivity index (χ4n) is 3.76. The number of benzene rings is 2. The molecule has 1 heterocycles. The van der Waals surface area contributed by atoms with Crippen molar-refractivity contribution in [2.24, 2.45) is 10.9 Å². The number of halogens is 1. The van der Waals surface area contributed by atoms with Gasteiger partial charge in [-0.25, -0.2) is 0 Å². The zero-order valence-electron chi connectivity index (χ0n) is 19.2. The molecular formula is C25H35IN4O2. The van der Waals surface area contributed by atoms with E-state index in [1.165, 1.54) is 5.56 Å². The van der Waals surface area contributed by atoms with Gasteiger partial charge in [0.25, 0.3) is 0 Å². The number of amides is 1. The van der Waals surface area contributed by atoms with Crippen LogP contribution in [-0.4, -0.2) is 56.1 Å². The molecule has 1 fully saturated rings. The molecule has 0 spiro atoms. The summed E-state index contributed by atoms with van der Waals surface area (Å²) in [5.41, 5.74) is 2.39. The second-order valence-electron chi connectivity index (χ2n) is 8.17. The van der Waals surface area contributed by atoms with Crippen LogP contribution in [-0.2, 0) is 11.2 Å². The molecule has 1 amide bonds. The van der Waals surface area contributed by atoms with E-state index < -0.39 is 0 Å². The fraction of sp³-hybridized carbons (Fsp3) is 0.440. The zero-order chi connectivity index (χ0) is 22.1. The molecular weight excluding hydrogens is 515 g/mol. The number of nitrogens with one attached hydrogen (secondary N) is 2. The summed E-state index contributed by atoms with van der Waals surface area (Å²) in [4.78, 5) is 18.7. The van der Waals surface area contributed by atoms with Crippen LogP contribution in [0.4, 0.5) is 0 Å². The summed E-state index contributed by atoms with van der Waals surface area (Å²) in [6.45, 7) is 7.01. The standard InChI is InChI=1S/C25H34N4O2.HI/c1-19-9-7-8-12-23(19)31-20(2)16-27-25(26-3)28-17-22-15-24(30)29(18-22)14-13-21-10-5-4-6-11-21;/h4-12,20,22H,13-18H2,1-3H3,(H2,26,27,28);1H. The van der Waals surface area contributed by atoms with Crippen LogP contribution in [0.15, 0.2) is 59.6 Å². The first-order valence-corrected chi connectivity index (χ1v) is 11.0. The highest BCUT2D eigenvalue weighted by atomic mass is 127. The molecule has 174 valence electrons. The van der Waals surface area contributed by atoms with Gasteiger partial charge in [-0.1, -0.05) is 48.5 Å². The summed E-state index contributed by atoms with van der Waals surface area (Å²) in [5, 5.41) is 6.68. The Labute approximate surface area is 208 Å².